The van der Waals surface area contributed by atoms with E-state index in [-0.39, 0.29) is 18.4 Å². The number of rotatable bonds is 7. The third kappa shape index (κ3) is 5.62. The molecular formula is C23H31N3O4S. The van der Waals surface area contributed by atoms with Gasteiger partial charge in [0.25, 0.3) is 0 Å². The van der Waals surface area contributed by atoms with Gasteiger partial charge in [0.2, 0.25) is 5.91 Å². The van der Waals surface area contributed by atoms with Crippen molar-refractivity contribution < 1.29 is 19.1 Å². The Hall–Kier alpha value is -2.45. The van der Waals surface area contributed by atoms with Crippen LogP contribution in [0.25, 0.3) is 0 Å². The number of anilines is 1. The van der Waals surface area contributed by atoms with Gasteiger partial charge in [-0.15, -0.1) is 0 Å². The summed E-state index contributed by atoms with van der Waals surface area (Å²) in [5.74, 6) is -0.222. The Bertz CT molecular complexity index is 847. The second-order valence-corrected chi connectivity index (χ2v) is 8.40. The number of carbonyl (C=O) groups is 2. The molecular weight excluding hydrogens is 414 g/mol. The van der Waals surface area contributed by atoms with Gasteiger partial charge in [0, 0.05) is 31.5 Å². The van der Waals surface area contributed by atoms with Crippen molar-refractivity contribution in [2.75, 3.05) is 32.7 Å². The van der Waals surface area contributed by atoms with Crippen LogP contribution in [0.3, 0.4) is 0 Å². The van der Waals surface area contributed by atoms with Crippen LogP contribution in [0.4, 0.5) is 5.69 Å². The van der Waals surface area contributed by atoms with Crippen molar-refractivity contribution in [2.24, 2.45) is 5.92 Å². The number of amides is 1. The molecule has 31 heavy (non-hydrogen) atoms. The van der Waals surface area contributed by atoms with Crippen LogP contribution in [0, 0.1) is 5.92 Å². The first-order valence-corrected chi connectivity index (χ1v) is 11.1. The molecule has 0 spiro atoms. The van der Waals surface area contributed by atoms with Crippen molar-refractivity contribution in [1.82, 2.24) is 10.2 Å². The lowest BCUT2D eigenvalue weighted by Crippen LogP contribution is -2.46. The zero-order chi connectivity index (χ0) is 22.4. The third-order valence-corrected chi connectivity index (χ3v) is 6.37. The van der Waals surface area contributed by atoms with Crippen molar-refractivity contribution in [3.05, 3.63) is 41.1 Å². The van der Waals surface area contributed by atoms with Gasteiger partial charge in [0.1, 0.15) is 6.61 Å². The molecule has 1 amide bonds. The topological polar surface area (TPSA) is 79.9 Å². The minimum absolute atomic E-state index is 0.0872. The molecule has 3 rings (SSSR count). The maximum atomic E-state index is 12.8. The minimum atomic E-state index is -0.429. The summed E-state index contributed by atoms with van der Waals surface area (Å²) < 4.78 is 10.4. The number of nitrogens with one attached hydrogen (secondary N) is 2. The normalized spacial score (nSPS) is 19.8. The minimum Gasteiger partial charge on any atom is -0.460 e. The average Bonchev–Trinajstić information content (AvgIpc) is 2.78. The van der Waals surface area contributed by atoms with E-state index >= 15 is 0 Å². The quantitative estimate of drug-likeness (QED) is 0.378. The summed E-state index contributed by atoms with van der Waals surface area (Å²) in [4.78, 5) is 27.1. The van der Waals surface area contributed by atoms with E-state index in [4.69, 9.17) is 21.7 Å². The van der Waals surface area contributed by atoms with Gasteiger partial charge < -0.3 is 25.0 Å². The molecule has 2 N–H and O–H groups in total. The highest BCUT2D eigenvalue weighted by Gasteiger charge is 2.33. The fourth-order valence-electron chi connectivity index (χ4n) is 4.01. The summed E-state index contributed by atoms with van der Waals surface area (Å²) in [5, 5.41) is 6.78. The molecule has 1 aliphatic carbocycles. The van der Waals surface area contributed by atoms with E-state index in [1.165, 1.54) is 6.42 Å². The van der Waals surface area contributed by atoms with Crippen LogP contribution in [0.1, 0.15) is 50.6 Å². The first-order chi connectivity index (χ1) is 14.9. The van der Waals surface area contributed by atoms with Crippen LogP contribution in [0.5, 0.6) is 0 Å². The molecule has 0 bridgehead atoms. The molecule has 1 aromatic carbocycles. The van der Waals surface area contributed by atoms with E-state index < -0.39 is 12.0 Å². The smallest absolute Gasteiger partial charge is 0.338 e. The van der Waals surface area contributed by atoms with Crippen LogP contribution >= 0.6 is 12.2 Å². The molecule has 1 aromatic rings. The fraction of sp³-hybridized carbons (Fsp3) is 0.522. The molecule has 0 aromatic heterocycles. The van der Waals surface area contributed by atoms with Crippen LogP contribution in [0.15, 0.2) is 35.5 Å². The molecule has 1 heterocycles. The van der Waals surface area contributed by atoms with Gasteiger partial charge in [-0.25, -0.2) is 4.79 Å². The summed E-state index contributed by atoms with van der Waals surface area (Å²) in [6, 6.07) is 7.10. The van der Waals surface area contributed by atoms with Gasteiger partial charge >= 0.3 is 5.97 Å². The largest absolute Gasteiger partial charge is 0.460 e. The van der Waals surface area contributed by atoms with E-state index in [9.17, 15) is 9.59 Å². The monoisotopic (exact) mass is 445 g/mol. The highest BCUT2D eigenvalue weighted by atomic mass is 32.1. The Balaban J connectivity index is 1.76. The summed E-state index contributed by atoms with van der Waals surface area (Å²) >= 11 is 5.43. The van der Waals surface area contributed by atoms with Gasteiger partial charge in [-0.2, -0.15) is 0 Å². The van der Waals surface area contributed by atoms with Crippen LogP contribution in [0.2, 0.25) is 0 Å². The maximum absolute atomic E-state index is 12.8. The number of benzene rings is 1. The molecule has 168 valence electrons. The molecule has 1 aliphatic heterocycles. The van der Waals surface area contributed by atoms with Crippen molar-refractivity contribution in [3.8, 4) is 0 Å². The number of nitrogens with zero attached hydrogens (tertiary/aromatic N) is 1. The van der Waals surface area contributed by atoms with Crippen molar-refractivity contribution in [1.29, 1.82) is 0 Å². The third-order valence-electron chi connectivity index (χ3n) is 5.98. The number of allylic oxidation sites excluding steroid dienone is 1. The molecule has 8 heteroatoms. The van der Waals surface area contributed by atoms with E-state index in [0.717, 1.165) is 42.6 Å². The van der Waals surface area contributed by atoms with E-state index in [1.54, 1.807) is 12.0 Å². The maximum Gasteiger partial charge on any atom is 0.338 e. The molecule has 7 nitrogen and oxygen atoms in total. The second-order valence-electron chi connectivity index (χ2n) is 8.02. The highest BCUT2D eigenvalue weighted by Crippen LogP contribution is 2.31. The highest BCUT2D eigenvalue weighted by molar-refractivity contribution is 7.80. The second kappa shape index (κ2) is 10.7. The molecule has 1 fully saturated rings. The number of methoxy groups -OCH3 is 1. The van der Waals surface area contributed by atoms with E-state index in [1.807, 2.05) is 38.2 Å². The van der Waals surface area contributed by atoms with E-state index in [2.05, 4.69) is 10.6 Å². The summed E-state index contributed by atoms with van der Waals surface area (Å²) in [5.41, 5.74) is 2.86. The summed E-state index contributed by atoms with van der Waals surface area (Å²) in [6.07, 6.45) is 5.37. The number of carbonyl (C=O) groups excluding carboxylic acids is 2. The van der Waals surface area contributed by atoms with Crippen LogP contribution in [-0.2, 0) is 19.1 Å². The van der Waals surface area contributed by atoms with Gasteiger partial charge in [-0.3, -0.25) is 4.79 Å². The van der Waals surface area contributed by atoms with Crippen LogP contribution < -0.4 is 10.6 Å². The number of hydrogen-bond acceptors (Lipinski definition) is 5. The fourth-order valence-corrected chi connectivity index (χ4v) is 4.27. The Morgan fingerprint density at radius 2 is 1.84 bits per heavy atom. The molecule has 1 atom stereocenters. The van der Waals surface area contributed by atoms with Gasteiger partial charge in [0.05, 0.1) is 18.2 Å². The number of ether oxygens (including phenoxy) is 2. The van der Waals surface area contributed by atoms with Crippen molar-refractivity contribution in [2.45, 2.75) is 45.1 Å². The molecule has 0 radical (unpaired) electrons. The molecule has 1 saturated carbocycles. The zero-order valence-corrected chi connectivity index (χ0v) is 19.2. The Labute approximate surface area is 189 Å². The van der Waals surface area contributed by atoms with Crippen LogP contribution in [-0.4, -0.2) is 49.3 Å². The first-order valence-electron chi connectivity index (χ1n) is 10.7. The number of hydrogen-bond donors (Lipinski definition) is 2. The van der Waals surface area contributed by atoms with E-state index in [0.29, 0.717) is 17.3 Å². The Morgan fingerprint density at radius 1 is 1.16 bits per heavy atom. The number of thiocarbonyl (C=S) groups is 1. The first kappa shape index (κ1) is 23.2. The Morgan fingerprint density at radius 3 is 2.48 bits per heavy atom. The molecule has 2 aliphatic rings. The zero-order valence-electron chi connectivity index (χ0n) is 18.4. The lowest BCUT2D eigenvalue weighted by molar-refractivity contribution is -0.140. The predicted octanol–water partition coefficient (Wildman–Crippen LogP) is 3.53. The summed E-state index contributed by atoms with van der Waals surface area (Å²) in [6.45, 7) is 2.37. The summed E-state index contributed by atoms with van der Waals surface area (Å²) in [7, 11) is 3.37. The lowest BCUT2D eigenvalue weighted by Gasteiger charge is -2.35. The SMILES string of the molecule is COCCOC(=O)C1=C(C)N(C)C(=S)N[C@@H]1c1ccc(NC(=O)C2CCCCC2)cc1. The van der Waals surface area contributed by atoms with Gasteiger partial charge in [0.15, 0.2) is 5.11 Å². The number of esters is 1. The van der Waals surface area contributed by atoms with Crippen molar-refractivity contribution in [3.63, 3.8) is 0 Å². The average molecular weight is 446 g/mol. The van der Waals surface area contributed by atoms with Gasteiger partial charge in [-0.05, 0) is 49.7 Å². The predicted molar refractivity (Wildman–Crippen MR) is 123 cm³/mol. The lowest BCUT2D eigenvalue weighted by atomic mass is 9.88. The van der Waals surface area contributed by atoms with Crippen molar-refractivity contribution >= 4 is 34.9 Å². The standard InChI is InChI=1S/C23H31N3O4S/c1-15-19(22(28)30-14-13-29-3)20(25-23(31)26(15)2)16-9-11-18(12-10-16)24-21(27)17-7-5-4-6-8-17/h9-12,17,20H,4-8,13-14H2,1-3H3,(H,24,27)(H,25,31)/t20-/m1/s1. The molecule has 0 unspecified atom stereocenters. The Kier molecular flexibility index (Phi) is 8.03. The molecule has 0 saturated heterocycles. The van der Waals surface area contributed by atoms with Gasteiger partial charge in [-0.1, -0.05) is 31.4 Å².